The first-order chi connectivity index (χ1) is 9.58. The predicted octanol–water partition coefficient (Wildman–Crippen LogP) is 0.725. The molecule has 21 heavy (non-hydrogen) atoms. The molecule has 0 saturated carbocycles. The normalized spacial score (nSPS) is 12.8. The monoisotopic (exact) mass is 354 g/mol. The minimum atomic E-state index is -3.82. The third kappa shape index (κ3) is 5.23. The van der Waals surface area contributed by atoms with Crippen LogP contribution in [0, 0.1) is 0 Å². The van der Waals surface area contributed by atoms with Crippen LogP contribution in [0.15, 0.2) is 23.1 Å². The summed E-state index contributed by atoms with van der Waals surface area (Å²) in [6, 6.07) is 4.74. The Balaban J connectivity index is 3.09. The zero-order chi connectivity index (χ0) is 16.3. The topological polar surface area (TPSA) is 83.6 Å². The maximum atomic E-state index is 12.5. The number of halogens is 1. The van der Waals surface area contributed by atoms with Crippen molar-refractivity contribution in [3.63, 3.8) is 0 Å². The van der Waals surface area contributed by atoms with Crippen LogP contribution in [0.1, 0.15) is 5.56 Å². The van der Waals surface area contributed by atoms with Gasteiger partial charge in [-0.2, -0.15) is 4.31 Å². The minimum Gasteiger partial charge on any atom is -0.316 e. The van der Waals surface area contributed by atoms with Gasteiger partial charge in [0, 0.05) is 26.4 Å². The number of hydrogen-bond donors (Lipinski definition) is 1. The lowest BCUT2D eigenvalue weighted by Gasteiger charge is -2.18. The van der Waals surface area contributed by atoms with Gasteiger partial charge < -0.3 is 5.32 Å². The van der Waals surface area contributed by atoms with E-state index in [1.54, 1.807) is 13.1 Å². The van der Waals surface area contributed by atoms with Crippen molar-refractivity contribution in [1.29, 1.82) is 0 Å². The molecule has 0 heterocycles. The van der Waals surface area contributed by atoms with Crippen molar-refractivity contribution < 1.29 is 16.8 Å². The molecule has 0 unspecified atom stereocenters. The third-order valence-corrected chi connectivity index (χ3v) is 6.10. The third-order valence-electron chi connectivity index (χ3n) is 2.84. The van der Waals surface area contributed by atoms with Crippen molar-refractivity contribution in [1.82, 2.24) is 9.62 Å². The summed E-state index contributed by atoms with van der Waals surface area (Å²) >= 11 is 5.97. The van der Waals surface area contributed by atoms with Gasteiger partial charge in [0.15, 0.2) is 0 Å². The fourth-order valence-electron chi connectivity index (χ4n) is 1.64. The van der Waals surface area contributed by atoms with Crippen LogP contribution in [0.5, 0.6) is 0 Å². The average molecular weight is 355 g/mol. The van der Waals surface area contributed by atoms with Gasteiger partial charge in [0.25, 0.3) is 0 Å². The first-order valence-electron chi connectivity index (χ1n) is 6.15. The molecule has 0 aliphatic rings. The van der Waals surface area contributed by atoms with Gasteiger partial charge in [-0.25, -0.2) is 16.8 Å². The highest BCUT2D eigenvalue weighted by atomic mass is 35.5. The summed E-state index contributed by atoms with van der Waals surface area (Å²) in [6.07, 6.45) is 1.06. The van der Waals surface area contributed by atoms with E-state index in [1.807, 2.05) is 0 Å². The smallest absolute Gasteiger partial charge is 0.244 e. The molecule has 0 aromatic heterocycles. The van der Waals surface area contributed by atoms with Gasteiger partial charge >= 0.3 is 0 Å². The highest BCUT2D eigenvalue weighted by Gasteiger charge is 2.24. The lowest BCUT2D eigenvalue weighted by Crippen LogP contribution is -2.31. The predicted molar refractivity (Wildman–Crippen MR) is 83.7 cm³/mol. The molecule has 1 N–H and O–H groups in total. The van der Waals surface area contributed by atoms with E-state index in [0.29, 0.717) is 6.54 Å². The number of nitrogens with one attached hydrogen (secondary N) is 1. The molecule has 0 aliphatic carbocycles. The summed E-state index contributed by atoms with van der Waals surface area (Å²) in [5.74, 6) is -0.240. The maximum Gasteiger partial charge on any atom is 0.244 e. The molecule has 9 heteroatoms. The highest BCUT2D eigenvalue weighted by Crippen LogP contribution is 2.25. The molecule has 0 bridgehead atoms. The number of nitrogens with zero attached hydrogens (tertiary/aromatic N) is 1. The average Bonchev–Trinajstić information content (AvgIpc) is 2.37. The van der Waals surface area contributed by atoms with Crippen LogP contribution in [0.3, 0.4) is 0 Å². The molecule has 1 rings (SSSR count). The molecule has 0 amide bonds. The zero-order valence-corrected chi connectivity index (χ0v) is 14.5. The minimum absolute atomic E-state index is 0.0204. The van der Waals surface area contributed by atoms with Crippen LogP contribution in [-0.2, 0) is 26.4 Å². The summed E-state index contributed by atoms with van der Waals surface area (Å²) in [4.78, 5) is -0.0204. The van der Waals surface area contributed by atoms with Gasteiger partial charge in [-0.15, -0.1) is 0 Å². The fourth-order valence-corrected chi connectivity index (χ4v) is 4.06. The largest absolute Gasteiger partial charge is 0.316 e. The molecule has 0 atom stereocenters. The van der Waals surface area contributed by atoms with Crippen molar-refractivity contribution in [2.24, 2.45) is 0 Å². The van der Waals surface area contributed by atoms with Crippen LogP contribution >= 0.6 is 11.6 Å². The first-order valence-corrected chi connectivity index (χ1v) is 10.0. The Labute approximate surface area is 131 Å². The molecule has 0 spiro atoms. The van der Waals surface area contributed by atoms with Crippen LogP contribution < -0.4 is 5.32 Å². The molecular formula is C12H19ClN2O4S2. The van der Waals surface area contributed by atoms with E-state index in [9.17, 15) is 16.8 Å². The summed E-state index contributed by atoms with van der Waals surface area (Å²) < 4.78 is 48.2. The van der Waals surface area contributed by atoms with Crippen molar-refractivity contribution in [3.05, 3.63) is 28.8 Å². The van der Waals surface area contributed by atoms with Crippen LogP contribution in [0.2, 0.25) is 5.02 Å². The number of sulfone groups is 1. The summed E-state index contributed by atoms with van der Waals surface area (Å²) in [7, 11) is -3.98. The molecule has 0 aliphatic heterocycles. The fraction of sp³-hybridized carbons (Fsp3) is 0.500. The molecule has 1 aromatic rings. The van der Waals surface area contributed by atoms with Crippen molar-refractivity contribution in [3.8, 4) is 0 Å². The SMILES string of the molecule is CNCc1ccc(Cl)c(S(=O)(=O)N(C)CCS(C)(=O)=O)c1. The Morgan fingerprint density at radius 3 is 2.38 bits per heavy atom. The molecule has 0 radical (unpaired) electrons. The summed E-state index contributed by atoms with van der Waals surface area (Å²) in [6.45, 7) is 0.389. The van der Waals surface area contributed by atoms with E-state index in [4.69, 9.17) is 11.6 Å². The highest BCUT2D eigenvalue weighted by molar-refractivity contribution is 7.91. The van der Waals surface area contributed by atoms with E-state index in [1.165, 1.54) is 19.2 Å². The quantitative estimate of drug-likeness (QED) is 0.780. The molecule has 6 nitrogen and oxygen atoms in total. The van der Waals surface area contributed by atoms with Crippen molar-refractivity contribution >= 4 is 31.5 Å². The van der Waals surface area contributed by atoms with Crippen molar-refractivity contribution in [2.75, 3.05) is 32.6 Å². The van der Waals surface area contributed by atoms with Crippen LogP contribution in [-0.4, -0.2) is 53.8 Å². The Kier molecular flexibility index (Phi) is 6.18. The van der Waals surface area contributed by atoms with Gasteiger partial charge in [0.1, 0.15) is 14.7 Å². The Morgan fingerprint density at radius 2 is 1.86 bits per heavy atom. The van der Waals surface area contributed by atoms with Gasteiger partial charge in [0.05, 0.1) is 10.8 Å². The van der Waals surface area contributed by atoms with E-state index in [2.05, 4.69) is 5.32 Å². The van der Waals surface area contributed by atoms with E-state index < -0.39 is 19.9 Å². The Bertz CT molecular complexity index is 702. The Hall–Kier alpha value is -0.670. The number of rotatable bonds is 7. The number of hydrogen-bond acceptors (Lipinski definition) is 5. The van der Waals surface area contributed by atoms with Crippen molar-refractivity contribution in [2.45, 2.75) is 11.4 Å². The van der Waals surface area contributed by atoms with E-state index in [0.717, 1.165) is 16.1 Å². The van der Waals surface area contributed by atoms with Gasteiger partial charge in [-0.1, -0.05) is 17.7 Å². The second kappa shape index (κ2) is 7.06. The van der Waals surface area contributed by atoms with Gasteiger partial charge in [-0.3, -0.25) is 0 Å². The number of sulfonamides is 1. The van der Waals surface area contributed by atoms with Crippen LogP contribution in [0.4, 0.5) is 0 Å². The van der Waals surface area contributed by atoms with Crippen LogP contribution in [0.25, 0.3) is 0 Å². The number of benzene rings is 1. The lowest BCUT2D eigenvalue weighted by atomic mass is 10.2. The standard InChI is InChI=1S/C12H19ClN2O4S2/c1-14-9-10-4-5-11(13)12(8-10)21(18,19)15(2)6-7-20(3,16)17/h4-5,8,14H,6-7,9H2,1-3H3. The first kappa shape index (κ1) is 18.4. The van der Waals surface area contributed by atoms with E-state index in [-0.39, 0.29) is 22.2 Å². The molecule has 120 valence electrons. The van der Waals surface area contributed by atoms with Gasteiger partial charge in [0.2, 0.25) is 10.0 Å². The second-order valence-electron chi connectivity index (χ2n) is 4.75. The summed E-state index contributed by atoms with van der Waals surface area (Å²) in [5.41, 5.74) is 0.775. The van der Waals surface area contributed by atoms with E-state index >= 15 is 0 Å². The maximum absolute atomic E-state index is 12.5. The lowest BCUT2D eigenvalue weighted by molar-refractivity contribution is 0.484. The summed E-state index contributed by atoms with van der Waals surface area (Å²) in [5, 5.41) is 3.04. The second-order valence-corrected chi connectivity index (χ2v) is 9.43. The molecule has 0 fully saturated rings. The van der Waals surface area contributed by atoms with Gasteiger partial charge in [-0.05, 0) is 24.7 Å². The Morgan fingerprint density at radius 1 is 1.24 bits per heavy atom. The zero-order valence-electron chi connectivity index (χ0n) is 12.1. The molecule has 0 saturated heterocycles. The molecular weight excluding hydrogens is 336 g/mol. The molecule has 1 aromatic carbocycles.